The van der Waals surface area contributed by atoms with Crippen LogP contribution in [0, 0.1) is 0 Å². The summed E-state index contributed by atoms with van der Waals surface area (Å²) in [5.41, 5.74) is 0.822. The summed E-state index contributed by atoms with van der Waals surface area (Å²) in [5, 5.41) is 10.3. The Morgan fingerprint density at radius 2 is 1.83 bits per heavy atom. The van der Waals surface area contributed by atoms with Crippen LogP contribution in [0.2, 0.25) is 0 Å². The molecule has 2 bridgehead atoms. The summed E-state index contributed by atoms with van der Waals surface area (Å²) < 4.78 is 5.64. The number of nitrogens with zero attached hydrogens (tertiary/aromatic N) is 1. The standard InChI is InChI=1S/C15H21NO2/c1-15(17)7-13-10-18-11-14(8-15)16(13)9-12-5-3-2-4-6-12/h2-6,13-14,17H,7-11H2,1H3/t13-,14+,15-. The zero-order valence-electron chi connectivity index (χ0n) is 10.9. The molecule has 1 aromatic carbocycles. The zero-order valence-corrected chi connectivity index (χ0v) is 10.9. The van der Waals surface area contributed by atoms with Crippen LogP contribution in [-0.4, -0.2) is 40.9 Å². The minimum Gasteiger partial charge on any atom is -0.390 e. The number of aliphatic hydroxyl groups is 1. The Labute approximate surface area is 108 Å². The second-order valence-corrected chi connectivity index (χ2v) is 5.91. The first-order valence-electron chi connectivity index (χ1n) is 6.74. The monoisotopic (exact) mass is 247 g/mol. The van der Waals surface area contributed by atoms with Crippen LogP contribution in [0.3, 0.4) is 0 Å². The highest BCUT2D eigenvalue weighted by atomic mass is 16.5. The van der Waals surface area contributed by atoms with E-state index in [2.05, 4.69) is 35.2 Å². The van der Waals surface area contributed by atoms with Gasteiger partial charge in [-0.3, -0.25) is 4.90 Å². The predicted octanol–water partition coefficient (Wildman–Crippen LogP) is 1.80. The Morgan fingerprint density at radius 3 is 2.44 bits per heavy atom. The van der Waals surface area contributed by atoms with Crippen molar-refractivity contribution in [3.8, 4) is 0 Å². The first kappa shape index (κ1) is 12.2. The summed E-state index contributed by atoms with van der Waals surface area (Å²) in [6, 6.07) is 11.3. The Hall–Kier alpha value is -0.900. The number of benzene rings is 1. The molecule has 3 atom stereocenters. The highest BCUT2D eigenvalue weighted by Crippen LogP contribution is 2.34. The molecule has 1 N–H and O–H groups in total. The summed E-state index contributed by atoms with van der Waals surface area (Å²) >= 11 is 0. The summed E-state index contributed by atoms with van der Waals surface area (Å²) in [5.74, 6) is 0. The van der Waals surface area contributed by atoms with Crippen LogP contribution >= 0.6 is 0 Å². The second-order valence-electron chi connectivity index (χ2n) is 5.91. The quantitative estimate of drug-likeness (QED) is 0.865. The molecule has 2 heterocycles. The summed E-state index contributed by atoms with van der Waals surface area (Å²) in [7, 11) is 0. The fourth-order valence-corrected chi connectivity index (χ4v) is 3.33. The molecule has 0 amide bonds. The highest BCUT2D eigenvalue weighted by molar-refractivity contribution is 5.15. The molecule has 3 rings (SSSR count). The third kappa shape index (κ3) is 2.44. The lowest BCUT2D eigenvalue weighted by molar-refractivity contribution is -0.139. The number of ether oxygens (including phenoxy) is 1. The minimum atomic E-state index is -0.522. The van der Waals surface area contributed by atoms with E-state index in [0.29, 0.717) is 12.1 Å². The Morgan fingerprint density at radius 1 is 1.22 bits per heavy atom. The van der Waals surface area contributed by atoms with Crippen LogP contribution in [0.15, 0.2) is 30.3 Å². The maximum atomic E-state index is 10.3. The molecule has 98 valence electrons. The number of hydrogen-bond donors (Lipinski definition) is 1. The SMILES string of the molecule is C[C@]1(O)C[C@H]2COC[C@@H](C1)N2Cc1ccccc1. The molecule has 18 heavy (non-hydrogen) atoms. The van der Waals surface area contributed by atoms with Crippen molar-refractivity contribution in [1.29, 1.82) is 0 Å². The molecule has 3 nitrogen and oxygen atoms in total. The fourth-order valence-electron chi connectivity index (χ4n) is 3.33. The molecular weight excluding hydrogens is 226 g/mol. The highest BCUT2D eigenvalue weighted by Gasteiger charge is 2.43. The summed E-state index contributed by atoms with van der Waals surface area (Å²) in [6.07, 6.45) is 1.63. The van der Waals surface area contributed by atoms with Crippen molar-refractivity contribution in [2.75, 3.05) is 13.2 Å². The van der Waals surface area contributed by atoms with Crippen molar-refractivity contribution in [2.45, 2.75) is 44.0 Å². The molecular formula is C15H21NO2. The van der Waals surface area contributed by atoms with Gasteiger partial charge in [-0.2, -0.15) is 0 Å². The van der Waals surface area contributed by atoms with E-state index in [0.717, 1.165) is 32.6 Å². The lowest BCUT2D eigenvalue weighted by Gasteiger charge is -2.50. The normalized spacial score (nSPS) is 36.6. The van der Waals surface area contributed by atoms with Crippen molar-refractivity contribution in [2.24, 2.45) is 0 Å². The first-order chi connectivity index (χ1) is 8.64. The van der Waals surface area contributed by atoms with Crippen molar-refractivity contribution in [3.05, 3.63) is 35.9 Å². The van der Waals surface area contributed by atoms with Gasteiger partial charge in [-0.1, -0.05) is 30.3 Å². The van der Waals surface area contributed by atoms with E-state index in [1.807, 2.05) is 6.92 Å². The molecule has 2 aliphatic heterocycles. The second kappa shape index (κ2) is 4.65. The Kier molecular flexibility index (Phi) is 3.14. The van der Waals surface area contributed by atoms with E-state index >= 15 is 0 Å². The van der Waals surface area contributed by atoms with Gasteiger partial charge >= 0.3 is 0 Å². The van der Waals surface area contributed by atoms with Crippen molar-refractivity contribution < 1.29 is 9.84 Å². The molecule has 2 fully saturated rings. The largest absolute Gasteiger partial charge is 0.390 e. The van der Waals surface area contributed by atoms with Crippen molar-refractivity contribution in [1.82, 2.24) is 4.90 Å². The van der Waals surface area contributed by atoms with E-state index in [4.69, 9.17) is 4.74 Å². The molecule has 1 aromatic rings. The van der Waals surface area contributed by atoms with E-state index < -0.39 is 5.60 Å². The van der Waals surface area contributed by atoms with Crippen LogP contribution in [0.25, 0.3) is 0 Å². The van der Waals surface area contributed by atoms with Gasteiger partial charge in [0.15, 0.2) is 0 Å². The van der Waals surface area contributed by atoms with Gasteiger partial charge in [0.1, 0.15) is 0 Å². The van der Waals surface area contributed by atoms with Crippen LogP contribution in [-0.2, 0) is 11.3 Å². The van der Waals surface area contributed by atoms with E-state index in [-0.39, 0.29) is 0 Å². The average molecular weight is 247 g/mol. The van der Waals surface area contributed by atoms with E-state index in [9.17, 15) is 5.11 Å². The van der Waals surface area contributed by atoms with Crippen molar-refractivity contribution >= 4 is 0 Å². The number of piperidine rings is 1. The zero-order chi connectivity index (χ0) is 12.6. The third-order valence-corrected chi connectivity index (χ3v) is 4.12. The van der Waals surface area contributed by atoms with Gasteiger partial charge in [0.05, 0.1) is 18.8 Å². The summed E-state index contributed by atoms with van der Waals surface area (Å²) in [4.78, 5) is 2.51. The van der Waals surface area contributed by atoms with Gasteiger partial charge in [0.2, 0.25) is 0 Å². The lowest BCUT2D eigenvalue weighted by atomic mass is 9.82. The van der Waals surface area contributed by atoms with Gasteiger partial charge in [-0.15, -0.1) is 0 Å². The lowest BCUT2D eigenvalue weighted by Crippen LogP contribution is -2.60. The van der Waals surface area contributed by atoms with Gasteiger partial charge in [-0.25, -0.2) is 0 Å². The molecule has 0 aromatic heterocycles. The van der Waals surface area contributed by atoms with Gasteiger partial charge in [-0.05, 0) is 25.3 Å². The molecule has 0 radical (unpaired) electrons. The molecule has 0 unspecified atom stereocenters. The number of rotatable bonds is 2. The van der Waals surface area contributed by atoms with Crippen LogP contribution in [0.5, 0.6) is 0 Å². The Bertz CT molecular complexity index is 388. The van der Waals surface area contributed by atoms with Gasteiger partial charge < -0.3 is 9.84 Å². The first-order valence-corrected chi connectivity index (χ1v) is 6.74. The molecule has 0 saturated carbocycles. The third-order valence-electron chi connectivity index (χ3n) is 4.12. The van der Waals surface area contributed by atoms with Gasteiger partial charge in [0, 0.05) is 18.6 Å². The maximum absolute atomic E-state index is 10.3. The van der Waals surface area contributed by atoms with E-state index in [1.165, 1.54) is 5.56 Å². The minimum absolute atomic E-state index is 0.354. The molecule has 2 saturated heterocycles. The molecule has 0 spiro atoms. The van der Waals surface area contributed by atoms with Crippen molar-refractivity contribution in [3.63, 3.8) is 0 Å². The number of fused-ring (bicyclic) bond motifs is 2. The van der Waals surface area contributed by atoms with Crippen LogP contribution in [0.1, 0.15) is 25.3 Å². The maximum Gasteiger partial charge on any atom is 0.0651 e. The Balaban J connectivity index is 1.76. The van der Waals surface area contributed by atoms with Crippen LogP contribution in [0.4, 0.5) is 0 Å². The fraction of sp³-hybridized carbons (Fsp3) is 0.600. The van der Waals surface area contributed by atoms with E-state index in [1.54, 1.807) is 0 Å². The topological polar surface area (TPSA) is 32.7 Å². The molecule has 0 aliphatic carbocycles. The number of morpholine rings is 1. The molecule has 3 heteroatoms. The van der Waals surface area contributed by atoms with Crippen LogP contribution < -0.4 is 0 Å². The van der Waals surface area contributed by atoms with Gasteiger partial charge in [0.25, 0.3) is 0 Å². The predicted molar refractivity (Wildman–Crippen MR) is 70.2 cm³/mol. The molecule has 2 aliphatic rings. The average Bonchev–Trinajstić information content (AvgIpc) is 2.31. The smallest absolute Gasteiger partial charge is 0.0651 e. The number of hydrogen-bond acceptors (Lipinski definition) is 3. The summed E-state index contributed by atoms with van der Waals surface area (Å²) in [6.45, 7) is 4.42.